The summed E-state index contributed by atoms with van der Waals surface area (Å²) in [5.41, 5.74) is 0.605. The van der Waals surface area contributed by atoms with Crippen LogP contribution in [0.15, 0.2) is 0 Å². The zero-order valence-electron chi connectivity index (χ0n) is 16.4. The molecule has 2 rings (SSSR count). The van der Waals surface area contributed by atoms with Gasteiger partial charge in [-0.15, -0.1) is 11.3 Å². The number of nitrogens with zero attached hydrogens (tertiary/aromatic N) is 1. The highest BCUT2D eigenvalue weighted by molar-refractivity contribution is 7.18. The first-order chi connectivity index (χ1) is 13.5. The summed E-state index contributed by atoms with van der Waals surface area (Å²) in [6.45, 7) is 6.54. The molecule has 10 heteroatoms. The van der Waals surface area contributed by atoms with E-state index in [0.29, 0.717) is 31.9 Å². The lowest BCUT2D eigenvalue weighted by atomic mass is 10.1. The number of hydrogen-bond donors (Lipinski definition) is 1. The van der Waals surface area contributed by atoms with Crippen LogP contribution in [-0.4, -0.2) is 82.5 Å². The topological polar surface area (TPSA) is 103 Å². The molecule has 0 spiro atoms. The van der Waals surface area contributed by atoms with E-state index < -0.39 is 11.9 Å². The van der Waals surface area contributed by atoms with Crippen LogP contribution in [-0.2, 0) is 23.7 Å². The quantitative estimate of drug-likeness (QED) is 0.477. The number of thiophene rings is 1. The predicted molar refractivity (Wildman–Crippen MR) is 103 cm³/mol. The predicted octanol–water partition coefficient (Wildman–Crippen LogP) is 1.31. The molecule has 0 saturated carbocycles. The molecule has 1 aromatic heterocycles. The average molecular weight is 414 g/mol. The van der Waals surface area contributed by atoms with Gasteiger partial charge in [-0.1, -0.05) is 0 Å². The van der Waals surface area contributed by atoms with Crippen molar-refractivity contribution in [2.75, 3.05) is 65.1 Å². The van der Waals surface area contributed by atoms with E-state index in [1.54, 1.807) is 13.8 Å². The van der Waals surface area contributed by atoms with E-state index >= 15 is 0 Å². The Morgan fingerprint density at radius 2 is 1.86 bits per heavy atom. The lowest BCUT2D eigenvalue weighted by Crippen LogP contribution is -2.41. The normalized spacial score (nSPS) is 14.5. The molecule has 9 nitrogen and oxygen atoms in total. The summed E-state index contributed by atoms with van der Waals surface area (Å²) in [6, 6.07) is 0. The van der Waals surface area contributed by atoms with E-state index in [-0.39, 0.29) is 47.7 Å². The van der Waals surface area contributed by atoms with Gasteiger partial charge in [0.25, 0.3) is 0 Å². The average Bonchev–Trinajstić information content (AvgIpc) is 2.98. The summed E-state index contributed by atoms with van der Waals surface area (Å²) in [6.07, 6.45) is 0. The van der Waals surface area contributed by atoms with Crippen LogP contribution in [0.1, 0.15) is 32.5 Å². The maximum absolute atomic E-state index is 12.4. The Hall–Kier alpha value is -2.01. The zero-order valence-corrected chi connectivity index (χ0v) is 17.2. The van der Waals surface area contributed by atoms with E-state index in [1.807, 2.05) is 4.90 Å². The Morgan fingerprint density at radius 3 is 2.50 bits per heavy atom. The first-order valence-electron chi connectivity index (χ1n) is 9.04. The van der Waals surface area contributed by atoms with Crippen molar-refractivity contribution in [2.45, 2.75) is 13.8 Å². The molecule has 1 N–H and O–H groups in total. The van der Waals surface area contributed by atoms with Crippen LogP contribution in [0.4, 0.5) is 5.00 Å². The number of hydrogen-bond acceptors (Lipinski definition) is 9. The maximum Gasteiger partial charge on any atom is 0.348 e. The number of amides is 1. The molecule has 1 aliphatic rings. The fourth-order valence-corrected chi connectivity index (χ4v) is 3.76. The number of rotatable bonds is 9. The summed E-state index contributed by atoms with van der Waals surface area (Å²) in [7, 11) is 1.51. The largest absolute Gasteiger partial charge is 0.462 e. The number of methoxy groups -OCH3 is 1. The van der Waals surface area contributed by atoms with Crippen LogP contribution in [0.3, 0.4) is 0 Å². The highest BCUT2D eigenvalue weighted by Gasteiger charge is 2.27. The lowest BCUT2D eigenvalue weighted by Gasteiger charge is -2.25. The SMILES string of the molecule is CCOC(=O)c1c(NC(=O)CN2CCOCC2)sc(C(=O)OCCOC)c1C. The molecule has 1 aliphatic heterocycles. The Balaban J connectivity index is 2.17. The third-order valence-corrected chi connectivity index (χ3v) is 5.24. The van der Waals surface area contributed by atoms with Crippen molar-refractivity contribution >= 4 is 34.2 Å². The van der Waals surface area contributed by atoms with E-state index in [4.69, 9.17) is 18.9 Å². The van der Waals surface area contributed by atoms with Crippen molar-refractivity contribution in [1.29, 1.82) is 0 Å². The summed E-state index contributed by atoms with van der Waals surface area (Å²) in [4.78, 5) is 39.4. The molecular formula is C18H26N2O7S. The number of esters is 2. The summed E-state index contributed by atoms with van der Waals surface area (Å²) >= 11 is 1.01. The minimum atomic E-state index is -0.589. The summed E-state index contributed by atoms with van der Waals surface area (Å²) < 4.78 is 20.4. The van der Waals surface area contributed by atoms with E-state index in [2.05, 4.69) is 5.32 Å². The Kier molecular flexibility index (Phi) is 8.84. The summed E-state index contributed by atoms with van der Waals surface area (Å²) in [5, 5.41) is 3.03. The Morgan fingerprint density at radius 1 is 1.14 bits per heavy atom. The lowest BCUT2D eigenvalue weighted by molar-refractivity contribution is -0.118. The second-order valence-electron chi connectivity index (χ2n) is 6.05. The van der Waals surface area contributed by atoms with Gasteiger partial charge in [-0.25, -0.2) is 9.59 Å². The molecule has 1 amide bonds. The van der Waals surface area contributed by atoms with Crippen molar-refractivity contribution < 1.29 is 33.3 Å². The molecule has 0 aliphatic carbocycles. The van der Waals surface area contributed by atoms with Crippen LogP contribution in [0, 0.1) is 6.92 Å². The zero-order chi connectivity index (χ0) is 20.5. The highest BCUT2D eigenvalue weighted by atomic mass is 32.1. The maximum atomic E-state index is 12.4. The monoisotopic (exact) mass is 414 g/mol. The second kappa shape index (κ2) is 11.1. The van der Waals surface area contributed by atoms with Crippen LogP contribution >= 0.6 is 11.3 Å². The minimum absolute atomic E-state index is 0.0974. The molecule has 1 aromatic rings. The van der Waals surface area contributed by atoms with Gasteiger partial charge in [-0.05, 0) is 19.4 Å². The van der Waals surface area contributed by atoms with Crippen LogP contribution in [0.5, 0.6) is 0 Å². The van der Waals surface area contributed by atoms with Crippen LogP contribution in [0.2, 0.25) is 0 Å². The molecule has 0 radical (unpaired) electrons. The van der Waals surface area contributed by atoms with Crippen molar-refractivity contribution in [3.8, 4) is 0 Å². The molecule has 0 aromatic carbocycles. The minimum Gasteiger partial charge on any atom is -0.462 e. The highest BCUT2D eigenvalue weighted by Crippen LogP contribution is 2.34. The van der Waals surface area contributed by atoms with Gasteiger partial charge >= 0.3 is 11.9 Å². The fraction of sp³-hybridized carbons (Fsp3) is 0.611. The number of morpholine rings is 1. The standard InChI is InChI=1S/C18H26N2O7S/c1-4-26-17(22)14-12(2)15(18(23)27-10-9-24-3)28-16(14)19-13(21)11-20-5-7-25-8-6-20/h4-11H2,1-3H3,(H,19,21). The molecular weight excluding hydrogens is 388 g/mol. The molecule has 2 heterocycles. The van der Waals surface area contributed by atoms with Crippen LogP contribution < -0.4 is 5.32 Å². The van der Waals surface area contributed by atoms with Gasteiger partial charge in [-0.2, -0.15) is 0 Å². The van der Waals surface area contributed by atoms with Crippen molar-refractivity contribution in [3.05, 3.63) is 16.0 Å². The van der Waals surface area contributed by atoms with E-state index in [9.17, 15) is 14.4 Å². The molecule has 28 heavy (non-hydrogen) atoms. The van der Waals surface area contributed by atoms with Crippen molar-refractivity contribution in [1.82, 2.24) is 4.90 Å². The van der Waals surface area contributed by atoms with Gasteiger partial charge in [0, 0.05) is 20.2 Å². The molecule has 156 valence electrons. The van der Waals surface area contributed by atoms with Gasteiger partial charge in [-0.3, -0.25) is 9.69 Å². The van der Waals surface area contributed by atoms with Crippen molar-refractivity contribution in [2.24, 2.45) is 0 Å². The van der Waals surface area contributed by atoms with Gasteiger partial charge in [0.2, 0.25) is 5.91 Å². The first-order valence-corrected chi connectivity index (χ1v) is 9.86. The molecule has 0 unspecified atom stereocenters. The third-order valence-electron chi connectivity index (χ3n) is 4.06. The molecule has 1 fully saturated rings. The number of ether oxygens (including phenoxy) is 4. The van der Waals surface area contributed by atoms with Crippen LogP contribution in [0.25, 0.3) is 0 Å². The first kappa shape index (κ1) is 22.3. The third kappa shape index (κ3) is 5.99. The van der Waals surface area contributed by atoms with Gasteiger partial charge < -0.3 is 24.3 Å². The van der Waals surface area contributed by atoms with Gasteiger partial charge in [0.1, 0.15) is 16.5 Å². The molecule has 1 saturated heterocycles. The molecule has 0 bridgehead atoms. The number of nitrogens with one attached hydrogen (secondary N) is 1. The van der Waals surface area contributed by atoms with E-state index in [0.717, 1.165) is 11.3 Å². The number of anilines is 1. The Labute approximate surface area is 167 Å². The van der Waals surface area contributed by atoms with E-state index in [1.165, 1.54) is 7.11 Å². The Bertz CT molecular complexity index is 698. The van der Waals surface area contributed by atoms with Crippen molar-refractivity contribution in [3.63, 3.8) is 0 Å². The van der Waals surface area contributed by atoms with Gasteiger partial charge in [0.15, 0.2) is 0 Å². The number of carbonyl (C=O) groups is 3. The summed E-state index contributed by atoms with van der Waals surface area (Å²) in [5.74, 6) is -1.43. The fourth-order valence-electron chi connectivity index (χ4n) is 2.66. The number of carbonyl (C=O) groups excluding carboxylic acids is 3. The second-order valence-corrected chi connectivity index (χ2v) is 7.07. The van der Waals surface area contributed by atoms with Gasteiger partial charge in [0.05, 0.1) is 38.5 Å². The smallest absolute Gasteiger partial charge is 0.348 e. The molecule has 0 atom stereocenters.